The van der Waals surface area contributed by atoms with Crippen LogP contribution in [-0.4, -0.2) is 48.0 Å². The summed E-state index contributed by atoms with van der Waals surface area (Å²) in [5, 5.41) is 0. The van der Waals surface area contributed by atoms with Gasteiger partial charge in [-0.05, 0) is 65.2 Å². The highest BCUT2D eigenvalue weighted by molar-refractivity contribution is 5.82. The summed E-state index contributed by atoms with van der Waals surface area (Å²) < 4.78 is 10.7. The lowest BCUT2D eigenvalue weighted by atomic mass is 9.68. The van der Waals surface area contributed by atoms with Gasteiger partial charge in [0.25, 0.3) is 0 Å². The van der Waals surface area contributed by atoms with E-state index in [9.17, 15) is 14.4 Å². The smallest absolute Gasteiger partial charge is 0.411 e. The van der Waals surface area contributed by atoms with Crippen molar-refractivity contribution in [2.45, 2.75) is 65.0 Å². The maximum absolute atomic E-state index is 12.6. The Hall–Kier alpha value is -1.59. The van der Waals surface area contributed by atoms with Gasteiger partial charge in [0.2, 0.25) is 0 Å². The molecule has 1 unspecified atom stereocenters. The van der Waals surface area contributed by atoms with Crippen LogP contribution in [0.5, 0.6) is 0 Å². The molecule has 0 N–H and O–H groups in total. The van der Waals surface area contributed by atoms with Crippen LogP contribution < -0.4 is 0 Å². The number of likely N-dealkylation sites (tertiary alicyclic amines) is 1. The van der Waals surface area contributed by atoms with Crippen LogP contribution in [-0.2, 0) is 19.1 Å². The first-order chi connectivity index (χ1) is 11.3. The summed E-state index contributed by atoms with van der Waals surface area (Å²) >= 11 is 0. The Bertz CT molecular complexity index is 484. The van der Waals surface area contributed by atoms with E-state index in [4.69, 9.17) is 9.47 Å². The average Bonchev–Trinajstić information content (AvgIpc) is 2.51. The van der Waals surface area contributed by atoms with Crippen molar-refractivity contribution in [2.24, 2.45) is 17.8 Å². The van der Waals surface area contributed by atoms with Crippen LogP contribution in [0.1, 0.15) is 53.4 Å². The highest BCUT2D eigenvalue weighted by Gasteiger charge is 2.48. The third-order valence-electron chi connectivity index (χ3n) is 4.91. The number of rotatable bonds is 3. The van der Waals surface area contributed by atoms with Crippen LogP contribution in [0, 0.1) is 17.8 Å². The summed E-state index contributed by atoms with van der Waals surface area (Å²) in [6.45, 7) is 7.95. The fourth-order valence-corrected chi connectivity index (χ4v) is 3.93. The molecule has 2 rings (SSSR count). The van der Waals surface area contributed by atoms with Gasteiger partial charge in [-0.2, -0.15) is 0 Å². The summed E-state index contributed by atoms with van der Waals surface area (Å²) in [4.78, 5) is 37.7. The van der Waals surface area contributed by atoms with Crippen LogP contribution in [0.2, 0.25) is 0 Å². The summed E-state index contributed by atoms with van der Waals surface area (Å²) in [6, 6.07) is -0.605. The minimum atomic E-state index is -0.609. The van der Waals surface area contributed by atoms with Crippen molar-refractivity contribution in [3.8, 4) is 0 Å². The number of hydrogen-bond donors (Lipinski definition) is 0. The number of nitrogens with zero attached hydrogens (tertiary/aromatic N) is 1. The molecule has 2 aliphatic rings. The van der Waals surface area contributed by atoms with Crippen LogP contribution in [0.4, 0.5) is 4.79 Å². The highest BCUT2D eigenvalue weighted by atomic mass is 16.6. The topological polar surface area (TPSA) is 72.9 Å². The lowest BCUT2D eigenvalue weighted by molar-refractivity contribution is -0.156. The Morgan fingerprint density at radius 2 is 1.92 bits per heavy atom. The second-order valence-corrected chi connectivity index (χ2v) is 7.79. The second-order valence-electron chi connectivity index (χ2n) is 7.79. The van der Waals surface area contributed by atoms with Crippen LogP contribution in [0.3, 0.4) is 0 Å². The molecule has 1 aliphatic carbocycles. The largest absolute Gasteiger partial charge is 0.464 e. The van der Waals surface area contributed by atoms with Gasteiger partial charge in [0.05, 0.1) is 6.61 Å². The van der Waals surface area contributed by atoms with E-state index in [1.165, 1.54) is 4.90 Å². The quantitative estimate of drug-likeness (QED) is 0.584. The number of ether oxygens (including phenoxy) is 2. The summed E-state index contributed by atoms with van der Waals surface area (Å²) in [5.74, 6) is 0.0355. The summed E-state index contributed by atoms with van der Waals surface area (Å²) in [5.41, 5.74) is -0.609. The number of esters is 1. The van der Waals surface area contributed by atoms with E-state index < -0.39 is 17.7 Å². The summed E-state index contributed by atoms with van der Waals surface area (Å²) in [7, 11) is 0. The first-order valence-corrected chi connectivity index (χ1v) is 8.88. The van der Waals surface area contributed by atoms with E-state index >= 15 is 0 Å². The zero-order valence-corrected chi connectivity index (χ0v) is 15.1. The first kappa shape index (κ1) is 18.7. The van der Waals surface area contributed by atoms with Gasteiger partial charge in [-0.1, -0.05) is 0 Å². The van der Waals surface area contributed by atoms with Crippen molar-refractivity contribution in [3.63, 3.8) is 0 Å². The molecule has 0 spiro atoms. The van der Waals surface area contributed by atoms with E-state index in [0.29, 0.717) is 6.54 Å². The van der Waals surface area contributed by atoms with E-state index in [1.807, 2.05) is 20.8 Å². The standard InChI is InChI=1S/C18H29NO5/c1-5-23-16(21)15-14-7-6-12(11-20)10-13(14)8-9-19(15)17(22)24-18(2,3)4/h11-15H,5-10H2,1-4H3/t12?,13-,14+,15+/m0/s1. The Morgan fingerprint density at radius 1 is 1.21 bits per heavy atom. The van der Waals surface area contributed by atoms with Gasteiger partial charge < -0.3 is 14.3 Å². The Balaban J connectivity index is 2.20. The monoisotopic (exact) mass is 339 g/mol. The van der Waals surface area contributed by atoms with Crippen LogP contribution in [0.15, 0.2) is 0 Å². The second kappa shape index (κ2) is 7.53. The van der Waals surface area contributed by atoms with Crippen molar-refractivity contribution >= 4 is 18.3 Å². The minimum Gasteiger partial charge on any atom is -0.464 e. The highest BCUT2D eigenvalue weighted by Crippen LogP contribution is 2.42. The first-order valence-electron chi connectivity index (χ1n) is 8.88. The number of carbonyl (C=O) groups is 3. The lowest BCUT2D eigenvalue weighted by Crippen LogP contribution is -2.57. The lowest BCUT2D eigenvalue weighted by Gasteiger charge is -2.47. The number of fused-ring (bicyclic) bond motifs is 1. The molecule has 0 aromatic rings. The Labute approximate surface area is 143 Å². The molecule has 4 atom stereocenters. The SMILES string of the molecule is CCOC(=O)[C@H]1[C@@H]2CCC(C=O)C[C@@H]2CCN1C(=O)OC(C)(C)C. The molecule has 24 heavy (non-hydrogen) atoms. The molecule has 2 fully saturated rings. The van der Waals surface area contributed by atoms with Crippen molar-refractivity contribution in [3.05, 3.63) is 0 Å². The molecule has 0 radical (unpaired) electrons. The normalized spacial score (nSPS) is 30.2. The fourth-order valence-electron chi connectivity index (χ4n) is 3.93. The molecule has 6 heteroatoms. The predicted octanol–water partition coefficient (Wildman–Crippen LogP) is 2.79. The maximum Gasteiger partial charge on any atom is 0.411 e. The van der Waals surface area contributed by atoms with Gasteiger partial charge in [0.15, 0.2) is 0 Å². The van der Waals surface area contributed by atoms with E-state index in [-0.39, 0.29) is 30.3 Å². The molecule has 1 aliphatic heterocycles. The molecule has 136 valence electrons. The van der Waals surface area contributed by atoms with Gasteiger partial charge in [-0.15, -0.1) is 0 Å². The number of amides is 1. The average molecular weight is 339 g/mol. The predicted molar refractivity (Wildman–Crippen MR) is 88.4 cm³/mol. The van der Waals surface area contributed by atoms with E-state index in [0.717, 1.165) is 32.0 Å². The van der Waals surface area contributed by atoms with Gasteiger partial charge in [0, 0.05) is 12.5 Å². The maximum atomic E-state index is 12.6. The Morgan fingerprint density at radius 3 is 2.50 bits per heavy atom. The molecule has 6 nitrogen and oxygen atoms in total. The van der Waals surface area contributed by atoms with Crippen molar-refractivity contribution in [1.82, 2.24) is 4.90 Å². The Kier molecular flexibility index (Phi) is 5.88. The molecular formula is C18H29NO5. The zero-order valence-electron chi connectivity index (χ0n) is 15.1. The third kappa shape index (κ3) is 4.28. The molecule has 0 bridgehead atoms. The van der Waals surface area contributed by atoms with Crippen molar-refractivity contribution < 1.29 is 23.9 Å². The molecule has 0 aromatic heterocycles. The van der Waals surface area contributed by atoms with Crippen LogP contribution in [0.25, 0.3) is 0 Å². The van der Waals surface area contributed by atoms with E-state index in [1.54, 1.807) is 6.92 Å². The van der Waals surface area contributed by atoms with Crippen LogP contribution >= 0.6 is 0 Å². The minimum absolute atomic E-state index is 0.0431. The number of hydrogen-bond acceptors (Lipinski definition) is 5. The molecule has 0 aromatic carbocycles. The number of aldehydes is 1. The van der Waals surface area contributed by atoms with Crippen molar-refractivity contribution in [2.75, 3.05) is 13.2 Å². The summed E-state index contributed by atoms with van der Waals surface area (Å²) in [6.07, 6.45) is 3.68. The van der Waals surface area contributed by atoms with Gasteiger partial charge in [-0.3, -0.25) is 4.90 Å². The van der Waals surface area contributed by atoms with Gasteiger partial charge in [0.1, 0.15) is 17.9 Å². The van der Waals surface area contributed by atoms with Gasteiger partial charge >= 0.3 is 12.1 Å². The molecule has 1 saturated carbocycles. The third-order valence-corrected chi connectivity index (χ3v) is 4.91. The van der Waals surface area contributed by atoms with Gasteiger partial charge in [-0.25, -0.2) is 9.59 Å². The molecule has 1 amide bonds. The molecular weight excluding hydrogens is 310 g/mol. The zero-order chi connectivity index (χ0) is 17.9. The van der Waals surface area contributed by atoms with E-state index in [2.05, 4.69) is 0 Å². The molecule has 1 saturated heterocycles. The number of carbonyl (C=O) groups excluding carboxylic acids is 3. The molecule has 1 heterocycles. The van der Waals surface area contributed by atoms with Crippen molar-refractivity contribution in [1.29, 1.82) is 0 Å². The number of piperidine rings is 1. The fraction of sp³-hybridized carbons (Fsp3) is 0.833.